The molecule has 2 aromatic heterocycles. The van der Waals surface area contributed by atoms with Crippen LogP contribution >= 0.6 is 0 Å². The summed E-state index contributed by atoms with van der Waals surface area (Å²) in [7, 11) is 0. The lowest BCUT2D eigenvalue weighted by Crippen LogP contribution is -2.56. The van der Waals surface area contributed by atoms with Gasteiger partial charge in [-0.2, -0.15) is 19.1 Å². The molecule has 188 valence electrons. The number of nitrogens with zero attached hydrogens (tertiary/aromatic N) is 5. The van der Waals surface area contributed by atoms with E-state index in [1.54, 1.807) is 59.2 Å². The van der Waals surface area contributed by atoms with Crippen LogP contribution in [0.15, 0.2) is 42.7 Å². The summed E-state index contributed by atoms with van der Waals surface area (Å²) in [6, 6.07) is 9.49. The molecule has 2 fully saturated rings. The number of hydrogen-bond donors (Lipinski definition) is 1. The Bertz CT molecular complexity index is 1350. The zero-order valence-corrected chi connectivity index (χ0v) is 19.7. The summed E-state index contributed by atoms with van der Waals surface area (Å²) in [4.78, 5) is 18.1. The first kappa shape index (κ1) is 24.0. The van der Waals surface area contributed by atoms with Crippen molar-refractivity contribution >= 4 is 22.5 Å². The molecule has 1 saturated heterocycles. The first-order valence-electron chi connectivity index (χ1n) is 11.6. The molecule has 2 aliphatic rings. The number of carbonyl (C=O) groups is 1. The summed E-state index contributed by atoms with van der Waals surface area (Å²) in [5.41, 5.74) is 1.94. The van der Waals surface area contributed by atoms with Gasteiger partial charge in [0.1, 0.15) is 0 Å². The van der Waals surface area contributed by atoms with Gasteiger partial charge in [-0.3, -0.25) is 14.5 Å². The third-order valence-electron chi connectivity index (χ3n) is 6.87. The Hall–Kier alpha value is -3.68. The van der Waals surface area contributed by atoms with Crippen LogP contribution in [0.3, 0.4) is 0 Å². The van der Waals surface area contributed by atoms with E-state index in [9.17, 15) is 27.6 Å². The molecule has 1 amide bonds. The molecule has 7 nitrogen and oxygen atoms in total. The Labute approximate surface area is 204 Å². The highest BCUT2D eigenvalue weighted by molar-refractivity contribution is 5.84. The Morgan fingerprint density at radius 3 is 2.47 bits per heavy atom. The number of anilines is 1. The van der Waals surface area contributed by atoms with Gasteiger partial charge >= 0.3 is 5.92 Å². The number of carbonyl (C=O) groups excluding carboxylic acids is 1. The van der Waals surface area contributed by atoms with Crippen molar-refractivity contribution in [3.63, 3.8) is 0 Å². The molecule has 36 heavy (non-hydrogen) atoms. The molecule has 3 heterocycles. The highest BCUT2D eigenvalue weighted by Gasteiger charge is 2.46. The SMILES string of the molecule is CC(NC(=O)C(C)(F)F)[C@@H](c1ccc(C2(C#N)CC2)nc1)n1ncc2cc(N3CC(F)(F)C3)ccc21. The standard InChI is InChI=1S/C25H24F4N6O/c1-15(33-22(36)23(2,26)27)21(16-3-6-20(31-10-16)24(12-30)7-8-24)35-19-5-4-18(9-17(19)11-32-35)34-13-25(28,29)14-34/h3-6,9-11,15,21H,7-8,13-14H2,1-2H3,(H,33,36)/t15?,21-/m0/s1. The fourth-order valence-corrected chi connectivity index (χ4v) is 4.62. The van der Waals surface area contributed by atoms with Crippen molar-refractivity contribution in [2.24, 2.45) is 0 Å². The number of amides is 1. The minimum Gasteiger partial charge on any atom is -0.359 e. The quantitative estimate of drug-likeness (QED) is 0.492. The molecule has 1 unspecified atom stereocenters. The summed E-state index contributed by atoms with van der Waals surface area (Å²) < 4.78 is 55.5. The van der Waals surface area contributed by atoms with Crippen molar-refractivity contribution in [3.8, 4) is 6.07 Å². The maximum atomic E-state index is 13.6. The molecule has 0 spiro atoms. The second-order valence-electron chi connectivity index (χ2n) is 9.81. The van der Waals surface area contributed by atoms with Crippen molar-refractivity contribution in [3.05, 3.63) is 54.0 Å². The Balaban J connectivity index is 1.50. The second kappa shape index (κ2) is 8.18. The Kier molecular flexibility index (Phi) is 5.46. The molecule has 3 aromatic rings. The summed E-state index contributed by atoms with van der Waals surface area (Å²) in [5.74, 6) is -7.68. The van der Waals surface area contributed by atoms with Gasteiger partial charge in [-0.15, -0.1) is 0 Å². The van der Waals surface area contributed by atoms with E-state index in [2.05, 4.69) is 21.5 Å². The second-order valence-corrected chi connectivity index (χ2v) is 9.81. The van der Waals surface area contributed by atoms with Gasteiger partial charge in [-0.05, 0) is 49.6 Å². The maximum absolute atomic E-state index is 13.6. The lowest BCUT2D eigenvalue weighted by Gasteiger charge is -2.40. The van der Waals surface area contributed by atoms with E-state index in [-0.39, 0.29) is 13.1 Å². The predicted molar refractivity (Wildman–Crippen MR) is 124 cm³/mol. The number of alkyl halides is 4. The summed E-state index contributed by atoms with van der Waals surface area (Å²) in [6.45, 7) is 1.42. The number of fused-ring (bicyclic) bond motifs is 1. The number of benzene rings is 1. The van der Waals surface area contributed by atoms with Gasteiger partial charge in [0.2, 0.25) is 0 Å². The zero-order valence-electron chi connectivity index (χ0n) is 19.7. The maximum Gasteiger partial charge on any atom is 0.321 e. The van der Waals surface area contributed by atoms with E-state index in [1.165, 1.54) is 0 Å². The van der Waals surface area contributed by atoms with Gasteiger partial charge in [0, 0.05) is 24.2 Å². The third kappa shape index (κ3) is 4.25. The number of aromatic nitrogens is 3. The number of rotatable bonds is 7. The van der Waals surface area contributed by atoms with E-state index in [1.807, 2.05) is 0 Å². The van der Waals surface area contributed by atoms with Crippen LogP contribution in [0.25, 0.3) is 10.9 Å². The van der Waals surface area contributed by atoms with E-state index in [0.29, 0.717) is 34.8 Å². The number of nitrogens with one attached hydrogen (secondary N) is 1. The molecular formula is C25H24F4N6O. The van der Waals surface area contributed by atoms with Crippen LogP contribution in [0.4, 0.5) is 23.2 Å². The average Bonchev–Trinajstić information content (AvgIpc) is 3.51. The molecule has 1 aliphatic carbocycles. The highest BCUT2D eigenvalue weighted by Crippen LogP contribution is 2.46. The molecule has 1 aromatic carbocycles. The van der Waals surface area contributed by atoms with Gasteiger partial charge < -0.3 is 10.2 Å². The predicted octanol–water partition coefficient (Wildman–Crippen LogP) is 4.19. The van der Waals surface area contributed by atoms with Crippen molar-refractivity contribution in [1.29, 1.82) is 5.26 Å². The van der Waals surface area contributed by atoms with Crippen LogP contribution in [0.5, 0.6) is 0 Å². The van der Waals surface area contributed by atoms with Crippen LogP contribution in [0.1, 0.15) is 44.0 Å². The summed E-state index contributed by atoms with van der Waals surface area (Å²) >= 11 is 0. The highest BCUT2D eigenvalue weighted by atomic mass is 19.3. The van der Waals surface area contributed by atoms with E-state index >= 15 is 0 Å². The third-order valence-corrected chi connectivity index (χ3v) is 6.87. The Morgan fingerprint density at radius 2 is 1.92 bits per heavy atom. The van der Waals surface area contributed by atoms with E-state index in [4.69, 9.17) is 0 Å². The van der Waals surface area contributed by atoms with Crippen molar-refractivity contribution < 1.29 is 22.4 Å². The molecule has 1 saturated carbocycles. The molecule has 0 bridgehead atoms. The van der Waals surface area contributed by atoms with Gasteiger partial charge in [-0.25, -0.2) is 8.78 Å². The van der Waals surface area contributed by atoms with E-state index < -0.39 is 35.3 Å². The van der Waals surface area contributed by atoms with Gasteiger partial charge in [0.05, 0.1) is 54.1 Å². The van der Waals surface area contributed by atoms with E-state index in [0.717, 1.165) is 12.8 Å². The first-order chi connectivity index (χ1) is 16.9. The number of halogens is 4. The van der Waals surface area contributed by atoms with Crippen molar-refractivity contribution in [2.75, 3.05) is 18.0 Å². The number of hydrogen-bond acceptors (Lipinski definition) is 5. The fourth-order valence-electron chi connectivity index (χ4n) is 4.62. The van der Waals surface area contributed by atoms with Crippen LogP contribution < -0.4 is 10.2 Å². The monoisotopic (exact) mass is 500 g/mol. The normalized spacial score (nSPS) is 19.8. The largest absolute Gasteiger partial charge is 0.359 e. The fraction of sp³-hybridized carbons (Fsp3) is 0.440. The van der Waals surface area contributed by atoms with Gasteiger partial charge in [-0.1, -0.05) is 6.07 Å². The molecule has 11 heteroatoms. The average molecular weight is 501 g/mol. The molecule has 0 radical (unpaired) electrons. The van der Waals surface area contributed by atoms with Crippen LogP contribution in [-0.2, 0) is 10.2 Å². The summed E-state index contributed by atoms with van der Waals surface area (Å²) in [6.07, 6.45) is 4.61. The molecule has 2 atom stereocenters. The zero-order chi connectivity index (χ0) is 25.9. The lowest BCUT2D eigenvalue weighted by atomic mass is 9.98. The summed E-state index contributed by atoms with van der Waals surface area (Å²) in [5, 5.41) is 17.0. The van der Waals surface area contributed by atoms with Crippen molar-refractivity contribution in [2.45, 2.75) is 56.0 Å². The molecule has 5 rings (SSSR count). The van der Waals surface area contributed by atoms with Crippen molar-refractivity contribution in [1.82, 2.24) is 20.1 Å². The minimum absolute atomic E-state index is 0.355. The molecular weight excluding hydrogens is 476 g/mol. The molecule has 1 N–H and O–H groups in total. The van der Waals surface area contributed by atoms with Gasteiger partial charge in [0.15, 0.2) is 0 Å². The van der Waals surface area contributed by atoms with Gasteiger partial charge in [0.25, 0.3) is 11.8 Å². The minimum atomic E-state index is -3.56. The smallest absolute Gasteiger partial charge is 0.321 e. The van der Waals surface area contributed by atoms with Crippen LogP contribution in [-0.4, -0.2) is 51.6 Å². The van der Waals surface area contributed by atoms with Crippen LogP contribution in [0, 0.1) is 11.3 Å². The number of nitriles is 1. The first-order valence-corrected chi connectivity index (χ1v) is 11.6. The van der Waals surface area contributed by atoms with Crippen LogP contribution in [0.2, 0.25) is 0 Å². The number of pyridine rings is 1. The molecule has 1 aliphatic heterocycles. The topological polar surface area (TPSA) is 86.8 Å². The lowest BCUT2D eigenvalue weighted by molar-refractivity contribution is -0.143. The Morgan fingerprint density at radius 1 is 1.19 bits per heavy atom.